The molecule has 0 aliphatic rings. The van der Waals surface area contributed by atoms with E-state index in [1.807, 2.05) is 0 Å². The maximum Gasteiger partial charge on any atom is 0.0234 e. The predicted molar refractivity (Wildman–Crippen MR) is 125 cm³/mol. The maximum atomic E-state index is 12.1. The molecular formula is C26H38OS. The zero-order valence-electron chi connectivity index (χ0n) is 17.9. The molecule has 0 saturated heterocycles. The normalized spacial score (nSPS) is 11.2. The fourth-order valence-electron chi connectivity index (χ4n) is 3.50. The van der Waals surface area contributed by atoms with Gasteiger partial charge in [0.2, 0.25) is 0 Å². The van der Waals surface area contributed by atoms with Crippen molar-refractivity contribution in [2.24, 2.45) is 0 Å². The second-order valence-corrected chi connectivity index (χ2v) is 9.84. The van der Waals surface area contributed by atoms with Crippen molar-refractivity contribution in [3.05, 3.63) is 70.8 Å². The lowest BCUT2D eigenvalue weighted by Crippen LogP contribution is -2.03. The van der Waals surface area contributed by atoms with Crippen LogP contribution in [0, 0.1) is 13.8 Å². The predicted octanol–water partition coefficient (Wildman–Crippen LogP) is 6.96. The second-order valence-electron chi connectivity index (χ2n) is 8.15. The summed E-state index contributed by atoms with van der Waals surface area (Å²) in [5, 5.41) is 0. The van der Waals surface area contributed by atoms with Crippen LogP contribution in [0.15, 0.2) is 48.5 Å². The summed E-state index contributed by atoms with van der Waals surface area (Å²) in [5.41, 5.74) is 5.54. The Balaban J connectivity index is 1.39. The van der Waals surface area contributed by atoms with Crippen molar-refractivity contribution in [1.82, 2.24) is 0 Å². The van der Waals surface area contributed by atoms with Crippen LogP contribution >= 0.6 is 0 Å². The Morgan fingerprint density at radius 1 is 0.536 bits per heavy atom. The van der Waals surface area contributed by atoms with Gasteiger partial charge in [0.15, 0.2) is 0 Å². The van der Waals surface area contributed by atoms with Gasteiger partial charge in [-0.2, -0.15) is 0 Å². The van der Waals surface area contributed by atoms with Gasteiger partial charge in [0.25, 0.3) is 0 Å². The van der Waals surface area contributed by atoms with Gasteiger partial charge < -0.3 is 0 Å². The van der Waals surface area contributed by atoms with Crippen molar-refractivity contribution in [2.45, 2.75) is 78.1 Å². The molecule has 0 aliphatic carbocycles. The highest BCUT2D eigenvalue weighted by Crippen LogP contribution is 2.11. The van der Waals surface area contributed by atoms with Crippen LogP contribution < -0.4 is 0 Å². The molecule has 154 valence electrons. The molecule has 2 heteroatoms. The van der Waals surface area contributed by atoms with E-state index in [1.54, 1.807) is 0 Å². The molecule has 0 radical (unpaired) electrons. The first-order valence-electron chi connectivity index (χ1n) is 11.1. The SMILES string of the molecule is Cc1ccc(CCCCCCS(=O)CCCCCCc2ccc(C)cc2)cc1. The van der Waals surface area contributed by atoms with Crippen LogP contribution in [-0.2, 0) is 23.6 Å². The number of hydrogen-bond donors (Lipinski definition) is 0. The molecule has 0 unspecified atom stereocenters. The molecule has 0 N–H and O–H groups in total. The lowest BCUT2D eigenvalue weighted by molar-refractivity contribution is 0.643. The molecule has 0 bridgehead atoms. The van der Waals surface area contributed by atoms with Crippen molar-refractivity contribution < 1.29 is 4.21 Å². The first-order valence-corrected chi connectivity index (χ1v) is 12.6. The minimum atomic E-state index is -0.608. The van der Waals surface area contributed by atoms with Crippen LogP contribution in [0.3, 0.4) is 0 Å². The van der Waals surface area contributed by atoms with E-state index in [1.165, 1.54) is 73.6 Å². The van der Waals surface area contributed by atoms with Crippen molar-refractivity contribution in [3.63, 3.8) is 0 Å². The Hall–Kier alpha value is -1.41. The minimum absolute atomic E-state index is 0.608. The molecule has 28 heavy (non-hydrogen) atoms. The van der Waals surface area contributed by atoms with Crippen molar-refractivity contribution >= 4 is 10.8 Å². The van der Waals surface area contributed by atoms with Crippen LogP contribution in [0.4, 0.5) is 0 Å². The average Bonchev–Trinajstić information content (AvgIpc) is 2.70. The molecule has 0 saturated carbocycles. The van der Waals surface area contributed by atoms with Crippen molar-refractivity contribution in [3.8, 4) is 0 Å². The van der Waals surface area contributed by atoms with Gasteiger partial charge in [0.1, 0.15) is 0 Å². The Morgan fingerprint density at radius 2 is 0.893 bits per heavy atom. The third-order valence-electron chi connectivity index (χ3n) is 5.42. The summed E-state index contributed by atoms with van der Waals surface area (Å²) in [6, 6.07) is 17.7. The highest BCUT2D eigenvalue weighted by Gasteiger charge is 2.01. The van der Waals surface area contributed by atoms with Gasteiger partial charge in [0.05, 0.1) is 0 Å². The summed E-state index contributed by atoms with van der Waals surface area (Å²) in [5.74, 6) is 1.79. The van der Waals surface area contributed by atoms with Crippen molar-refractivity contribution in [2.75, 3.05) is 11.5 Å². The molecule has 0 spiro atoms. The summed E-state index contributed by atoms with van der Waals surface area (Å²) >= 11 is 0. The third kappa shape index (κ3) is 10.2. The fraction of sp³-hybridized carbons (Fsp3) is 0.538. The Labute approximate surface area is 175 Å². The molecule has 2 aromatic rings. The molecular weight excluding hydrogens is 360 g/mol. The Morgan fingerprint density at radius 3 is 1.29 bits per heavy atom. The van der Waals surface area contributed by atoms with Crippen LogP contribution in [-0.4, -0.2) is 15.7 Å². The van der Waals surface area contributed by atoms with Gasteiger partial charge in [-0.1, -0.05) is 85.3 Å². The summed E-state index contributed by atoms with van der Waals surface area (Å²) in [7, 11) is -0.608. The van der Waals surface area contributed by atoms with Crippen molar-refractivity contribution in [1.29, 1.82) is 0 Å². The van der Waals surface area contributed by atoms with Gasteiger partial charge in [-0.25, -0.2) is 0 Å². The first kappa shape index (κ1) is 22.9. The number of aryl methyl sites for hydroxylation is 4. The van der Waals surface area contributed by atoms with Crippen LogP contribution in [0.25, 0.3) is 0 Å². The quantitative estimate of drug-likeness (QED) is 0.314. The molecule has 0 fully saturated rings. The van der Waals surface area contributed by atoms with Crippen LogP contribution in [0.1, 0.15) is 73.6 Å². The highest BCUT2D eigenvalue weighted by molar-refractivity contribution is 7.84. The van der Waals surface area contributed by atoms with E-state index in [4.69, 9.17) is 0 Å². The van der Waals surface area contributed by atoms with Gasteiger partial charge in [0, 0.05) is 22.3 Å². The zero-order valence-corrected chi connectivity index (χ0v) is 18.7. The van der Waals surface area contributed by atoms with E-state index in [-0.39, 0.29) is 0 Å². The molecule has 0 atom stereocenters. The second kappa shape index (κ2) is 13.7. The topological polar surface area (TPSA) is 17.1 Å². The van der Waals surface area contributed by atoms with Crippen LogP contribution in [0.2, 0.25) is 0 Å². The zero-order chi connectivity index (χ0) is 20.0. The summed E-state index contributed by atoms with van der Waals surface area (Å²) in [4.78, 5) is 0. The average molecular weight is 399 g/mol. The molecule has 0 amide bonds. The van der Waals surface area contributed by atoms with Gasteiger partial charge in [-0.3, -0.25) is 4.21 Å². The molecule has 1 nitrogen and oxygen atoms in total. The number of benzene rings is 2. The lowest BCUT2D eigenvalue weighted by atomic mass is 10.1. The number of hydrogen-bond acceptors (Lipinski definition) is 1. The van der Waals surface area contributed by atoms with E-state index in [9.17, 15) is 4.21 Å². The molecule has 2 aromatic carbocycles. The smallest absolute Gasteiger partial charge is 0.0234 e. The van der Waals surface area contributed by atoms with E-state index in [2.05, 4.69) is 62.4 Å². The highest BCUT2D eigenvalue weighted by atomic mass is 32.2. The molecule has 0 heterocycles. The van der Waals surface area contributed by atoms with E-state index >= 15 is 0 Å². The van der Waals surface area contributed by atoms with Crippen LogP contribution in [0.5, 0.6) is 0 Å². The van der Waals surface area contributed by atoms with E-state index in [0.29, 0.717) is 0 Å². The number of unbranched alkanes of at least 4 members (excludes halogenated alkanes) is 6. The molecule has 0 aromatic heterocycles. The molecule has 2 rings (SSSR count). The standard InChI is InChI=1S/C26H38OS/c1-23-13-17-25(18-14-23)11-7-3-5-9-21-28(27)22-10-6-4-8-12-26-19-15-24(2)16-20-26/h13-20H,3-12,21-22H2,1-2H3. The summed E-state index contributed by atoms with van der Waals surface area (Å²) in [6.45, 7) is 4.27. The summed E-state index contributed by atoms with van der Waals surface area (Å²) < 4.78 is 12.1. The maximum absolute atomic E-state index is 12.1. The largest absolute Gasteiger partial charge is 0.260 e. The third-order valence-corrected chi connectivity index (χ3v) is 6.90. The molecule has 0 aliphatic heterocycles. The monoisotopic (exact) mass is 398 g/mol. The van der Waals surface area contributed by atoms with Gasteiger partial charge >= 0.3 is 0 Å². The van der Waals surface area contributed by atoms with Gasteiger partial charge in [-0.05, 0) is 63.5 Å². The summed E-state index contributed by atoms with van der Waals surface area (Å²) in [6.07, 6.45) is 12.0. The number of rotatable bonds is 14. The Kier molecular flexibility index (Phi) is 11.2. The van der Waals surface area contributed by atoms with E-state index < -0.39 is 10.8 Å². The van der Waals surface area contributed by atoms with Gasteiger partial charge in [-0.15, -0.1) is 0 Å². The lowest BCUT2D eigenvalue weighted by Gasteiger charge is -2.05. The fourth-order valence-corrected chi connectivity index (χ4v) is 4.76. The van der Waals surface area contributed by atoms with E-state index in [0.717, 1.165) is 24.3 Å². The Bertz CT molecular complexity index is 613. The first-order chi connectivity index (χ1) is 13.6. The minimum Gasteiger partial charge on any atom is -0.260 e.